The lowest BCUT2D eigenvalue weighted by Crippen LogP contribution is -2.25. The minimum atomic E-state index is -4.92. The molecular formula is C23H25F4N3O3. The minimum absolute atomic E-state index is 0.0490. The number of para-hydroxylation sites is 1. The van der Waals surface area contributed by atoms with Gasteiger partial charge in [0.1, 0.15) is 17.3 Å². The third-order valence-electron chi connectivity index (χ3n) is 4.11. The first-order valence-corrected chi connectivity index (χ1v) is 10.4. The third-order valence-corrected chi connectivity index (χ3v) is 4.11. The fourth-order valence-electron chi connectivity index (χ4n) is 2.77. The number of benzene rings is 2. The van der Waals surface area contributed by atoms with Gasteiger partial charge in [0.15, 0.2) is 0 Å². The number of halogens is 4. The topological polar surface area (TPSA) is 76.2 Å². The number of hydrogen-bond acceptors (Lipinski definition) is 4. The van der Waals surface area contributed by atoms with Crippen molar-refractivity contribution in [1.82, 2.24) is 15.5 Å². The number of nitrogens with zero attached hydrogens (tertiary/aromatic N) is 1. The minimum Gasteiger partial charge on any atom is -0.493 e. The number of aromatic nitrogens is 2. The predicted molar refractivity (Wildman–Crippen MR) is 115 cm³/mol. The van der Waals surface area contributed by atoms with Gasteiger partial charge in [0.05, 0.1) is 30.1 Å². The summed E-state index contributed by atoms with van der Waals surface area (Å²) >= 11 is 0. The Balaban J connectivity index is 0.00000187. The first-order valence-electron chi connectivity index (χ1n) is 10.4. The zero-order valence-corrected chi connectivity index (χ0v) is 18.4. The maximum atomic E-state index is 13.7. The number of carbonyl (C=O) groups excluding carboxylic acids is 1. The molecule has 0 radical (unpaired) electrons. The first-order chi connectivity index (χ1) is 15.8. The number of amides is 1. The summed E-state index contributed by atoms with van der Waals surface area (Å²) in [4.78, 5) is 12.4. The molecular weight excluding hydrogens is 442 g/mol. The number of H-pyrrole nitrogens is 1. The van der Waals surface area contributed by atoms with Crippen LogP contribution in [0.15, 0.2) is 48.5 Å². The third kappa shape index (κ3) is 7.51. The fourth-order valence-corrected chi connectivity index (χ4v) is 2.77. The van der Waals surface area contributed by atoms with Gasteiger partial charge in [-0.1, -0.05) is 32.9 Å². The molecule has 2 aromatic carbocycles. The van der Waals surface area contributed by atoms with Gasteiger partial charge in [-0.3, -0.25) is 9.89 Å². The van der Waals surface area contributed by atoms with E-state index in [1.165, 1.54) is 36.4 Å². The van der Waals surface area contributed by atoms with Crippen molar-refractivity contribution in [3.63, 3.8) is 0 Å². The second-order valence-corrected chi connectivity index (χ2v) is 6.49. The summed E-state index contributed by atoms with van der Waals surface area (Å²) in [5.41, 5.74) is 1.03. The zero-order chi connectivity index (χ0) is 24.4. The van der Waals surface area contributed by atoms with Crippen molar-refractivity contribution >= 4 is 5.91 Å². The molecule has 0 bridgehead atoms. The van der Waals surface area contributed by atoms with E-state index in [1.54, 1.807) is 6.07 Å². The molecule has 0 unspecified atom stereocenters. The number of rotatable bonds is 8. The standard InChI is InChI=1S/C21H19F4N3O3.C2H6/c1-2-9-30-18-8-7-13(22)10-16(18)17-11-14(27-28-17)12-26-20(29)15-5-3-4-6-19(15)31-21(23,24)25;1-2/h3-8,10-11H,2,9,12H2,1H3,(H,26,29)(H,27,28);1-2H3. The second kappa shape index (κ2) is 11.9. The molecule has 1 aromatic heterocycles. The van der Waals surface area contributed by atoms with Crippen molar-refractivity contribution in [3.8, 4) is 22.8 Å². The molecule has 10 heteroatoms. The number of alkyl halides is 3. The lowest BCUT2D eigenvalue weighted by molar-refractivity contribution is -0.274. The van der Waals surface area contributed by atoms with Gasteiger partial charge in [0.25, 0.3) is 5.91 Å². The highest BCUT2D eigenvalue weighted by Gasteiger charge is 2.32. The summed E-state index contributed by atoms with van der Waals surface area (Å²) in [6.07, 6.45) is -4.15. The second-order valence-electron chi connectivity index (χ2n) is 6.49. The molecule has 0 saturated carbocycles. The van der Waals surface area contributed by atoms with Crippen LogP contribution < -0.4 is 14.8 Å². The van der Waals surface area contributed by atoms with E-state index in [1.807, 2.05) is 20.8 Å². The van der Waals surface area contributed by atoms with E-state index in [-0.39, 0.29) is 12.1 Å². The average molecular weight is 467 g/mol. The molecule has 0 atom stereocenters. The number of ether oxygens (including phenoxy) is 2. The van der Waals surface area contributed by atoms with E-state index in [0.717, 1.165) is 12.5 Å². The summed E-state index contributed by atoms with van der Waals surface area (Å²) < 4.78 is 60.8. The molecule has 2 N–H and O–H groups in total. The number of hydrogen-bond donors (Lipinski definition) is 2. The number of nitrogens with one attached hydrogen (secondary N) is 2. The van der Waals surface area contributed by atoms with Gasteiger partial charge >= 0.3 is 6.36 Å². The lowest BCUT2D eigenvalue weighted by atomic mass is 10.1. The average Bonchev–Trinajstić information content (AvgIpc) is 3.26. The number of carbonyl (C=O) groups is 1. The van der Waals surface area contributed by atoms with Crippen LogP contribution in [0.2, 0.25) is 0 Å². The van der Waals surface area contributed by atoms with Crippen molar-refractivity contribution in [2.75, 3.05) is 6.61 Å². The Labute approximate surface area is 188 Å². The van der Waals surface area contributed by atoms with Gasteiger partial charge < -0.3 is 14.8 Å². The summed E-state index contributed by atoms with van der Waals surface area (Å²) in [6, 6.07) is 10.7. The van der Waals surface area contributed by atoms with Gasteiger partial charge in [-0.25, -0.2) is 4.39 Å². The van der Waals surface area contributed by atoms with Crippen molar-refractivity contribution in [2.24, 2.45) is 0 Å². The normalized spacial score (nSPS) is 10.8. The molecule has 6 nitrogen and oxygen atoms in total. The molecule has 0 saturated heterocycles. The van der Waals surface area contributed by atoms with Crippen LogP contribution in [0.25, 0.3) is 11.3 Å². The van der Waals surface area contributed by atoms with Crippen LogP contribution in [0.1, 0.15) is 43.2 Å². The summed E-state index contributed by atoms with van der Waals surface area (Å²) in [5.74, 6) is -1.36. The van der Waals surface area contributed by atoms with Crippen LogP contribution in [-0.2, 0) is 6.54 Å². The van der Waals surface area contributed by atoms with E-state index in [0.29, 0.717) is 29.3 Å². The molecule has 0 aliphatic heterocycles. The molecule has 0 spiro atoms. The molecule has 3 aromatic rings. The molecule has 178 valence electrons. The van der Waals surface area contributed by atoms with Crippen molar-refractivity contribution in [3.05, 3.63) is 65.6 Å². The SMILES string of the molecule is CC.CCCOc1ccc(F)cc1-c1cc(CNC(=O)c2ccccc2OC(F)(F)F)[nH]n1. The highest BCUT2D eigenvalue weighted by atomic mass is 19.4. The number of aromatic amines is 1. The van der Waals surface area contributed by atoms with Gasteiger partial charge in [-0.05, 0) is 42.8 Å². The molecule has 3 rings (SSSR count). The molecule has 33 heavy (non-hydrogen) atoms. The van der Waals surface area contributed by atoms with Crippen LogP contribution in [0.4, 0.5) is 17.6 Å². The van der Waals surface area contributed by atoms with Gasteiger partial charge in [-0.15, -0.1) is 13.2 Å². The summed E-state index contributed by atoms with van der Waals surface area (Å²) in [5, 5.41) is 9.33. The van der Waals surface area contributed by atoms with Gasteiger partial charge in [0.2, 0.25) is 0 Å². The quantitative estimate of drug-likeness (QED) is 0.407. The molecule has 1 heterocycles. The van der Waals surface area contributed by atoms with Crippen LogP contribution in [0, 0.1) is 5.82 Å². The first kappa shape index (κ1) is 25.7. The molecule has 0 aliphatic carbocycles. The van der Waals surface area contributed by atoms with E-state index < -0.39 is 23.8 Å². The Morgan fingerprint density at radius 2 is 1.82 bits per heavy atom. The van der Waals surface area contributed by atoms with Crippen LogP contribution >= 0.6 is 0 Å². The van der Waals surface area contributed by atoms with Gasteiger partial charge in [-0.2, -0.15) is 5.10 Å². The highest BCUT2D eigenvalue weighted by molar-refractivity contribution is 5.96. The Kier molecular flexibility index (Phi) is 9.26. The van der Waals surface area contributed by atoms with Crippen molar-refractivity contribution < 1.29 is 31.8 Å². The van der Waals surface area contributed by atoms with Crippen LogP contribution in [0.5, 0.6) is 11.5 Å². The Bertz CT molecular complexity index is 1050. The predicted octanol–water partition coefficient (Wildman–Crippen LogP) is 5.86. The van der Waals surface area contributed by atoms with E-state index in [2.05, 4.69) is 20.3 Å². The van der Waals surface area contributed by atoms with Crippen molar-refractivity contribution in [1.29, 1.82) is 0 Å². The molecule has 0 aliphatic rings. The maximum Gasteiger partial charge on any atom is 0.573 e. The van der Waals surface area contributed by atoms with E-state index >= 15 is 0 Å². The van der Waals surface area contributed by atoms with E-state index in [4.69, 9.17) is 4.74 Å². The van der Waals surface area contributed by atoms with Crippen LogP contribution in [-0.4, -0.2) is 29.1 Å². The van der Waals surface area contributed by atoms with E-state index in [9.17, 15) is 22.4 Å². The smallest absolute Gasteiger partial charge is 0.493 e. The Hall–Kier alpha value is -3.56. The maximum absolute atomic E-state index is 13.7. The lowest BCUT2D eigenvalue weighted by Gasteiger charge is -2.12. The monoisotopic (exact) mass is 467 g/mol. The largest absolute Gasteiger partial charge is 0.573 e. The molecule has 0 fully saturated rings. The summed E-state index contributed by atoms with van der Waals surface area (Å²) in [6.45, 7) is 6.34. The fraction of sp³-hybridized carbons (Fsp3) is 0.304. The van der Waals surface area contributed by atoms with Gasteiger partial charge in [0, 0.05) is 5.56 Å². The van der Waals surface area contributed by atoms with Crippen LogP contribution in [0.3, 0.4) is 0 Å². The zero-order valence-electron chi connectivity index (χ0n) is 18.4. The summed E-state index contributed by atoms with van der Waals surface area (Å²) in [7, 11) is 0. The Morgan fingerprint density at radius 1 is 1.09 bits per heavy atom. The Morgan fingerprint density at radius 3 is 2.52 bits per heavy atom. The molecule has 1 amide bonds. The highest BCUT2D eigenvalue weighted by Crippen LogP contribution is 2.30. The van der Waals surface area contributed by atoms with Crippen molar-refractivity contribution in [2.45, 2.75) is 40.1 Å².